The van der Waals surface area contributed by atoms with Crippen molar-refractivity contribution < 1.29 is 19.2 Å². The number of rotatable bonds is 5. The molecule has 0 radical (unpaired) electrons. The molecule has 0 saturated carbocycles. The molecule has 1 aromatic rings. The van der Waals surface area contributed by atoms with Gasteiger partial charge in [-0.15, -0.1) is 11.3 Å². The summed E-state index contributed by atoms with van der Waals surface area (Å²) in [6, 6.07) is 3.02. The fraction of sp³-hybridized carbons (Fsp3) is 0.333. The van der Waals surface area contributed by atoms with Gasteiger partial charge in [-0.25, -0.2) is 4.79 Å². The number of nitrogens with zero attached hydrogens (tertiary/aromatic N) is 1. The van der Waals surface area contributed by atoms with Crippen LogP contribution < -0.4 is 10.6 Å². The van der Waals surface area contributed by atoms with Crippen molar-refractivity contribution in [2.24, 2.45) is 5.92 Å². The smallest absolute Gasteiger partial charge is 0.321 e. The Bertz CT molecular complexity index is 683. The van der Waals surface area contributed by atoms with Crippen LogP contribution in [0.15, 0.2) is 22.4 Å². The fourth-order valence-corrected chi connectivity index (χ4v) is 3.35. The summed E-state index contributed by atoms with van der Waals surface area (Å²) in [6.45, 7) is 3.77. The van der Waals surface area contributed by atoms with Gasteiger partial charge < -0.3 is 5.32 Å². The second-order valence-electron chi connectivity index (χ2n) is 5.44. The SMILES string of the molecule is CC(C)CNC(=O)NC(=O)CN1C(=O)S/C(=C\c2cccs2)C1=O. The number of imide groups is 2. The third-order valence-corrected chi connectivity index (χ3v) is 4.64. The van der Waals surface area contributed by atoms with Crippen molar-refractivity contribution in [2.75, 3.05) is 13.1 Å². The van der Waals surface area contributed by atoms with E-state index in [1.54, 1.807) is 6.08 Å². The van der Waals surface area contributed by atoms with Crippen LogP contribution in [-0.4, -0.2) is 41.1 Å². The largest absolute Gasteiger partial charge is 0.338 e. The maximum absolute atomic E-state index is 12.2. The van der Waals surface area contributed by atoms with Gasteiger partial charge in [-0.05, 0) is 35.2 Å². The Morgan fingerprint density at radius 2 is 2.08 bits per heavy atom. The first-order chi connectivity index (χ1) is 11.4. The molecule has 5 amide bonds. The lowest BCUT2D eigenvalue weighted by Crippen LogP contribution is -2.46. The van der Waals surface area contributed by atoms with Gasteiger partial charge >= 0.3 is 6.03 Å². The van der Waals surface area contributed by atoms with Crippen molar-refractivity contribution in [1.82, 2.24) is 15.5 Å². The highest BCUT2D eigenvalue weighted by molar-refractivity contribution is 8.18. The Morgan fingerprint density at radius 3 is 2.71 bits per heavy atom. The first kappa shape index (κ1) is 18.2. The van der Waals surface area contributed by atoms with Gasteiger partial charge in [0.2, 0.25) is 5.91 Å². The van der Waals surface area contributed by atoms with Gasteiger partial charge in [-0.1, -0.05) is 19.9 Å². The van der Waals surface area contributed by atoms with E-state index in [9.17, 15) is 19.2 Å². The second kappa shape index (κ2) is 8.11. The Kier molecular flexibility index (Phi) is 6.16. The first-order valence-corrected chi connectivity index (χ1v) is 8.93. The number of nitrogens with one attached hydrogen (secondary N) is 2. The molecule has 0 aromatic carbocycles. The summed E-state index contributed by atoms with van der Waals surface area (Å²) in [5, 5.41) is 5.96. The molecule has 9 heteroatoms. The zero-order valence-electron chi connectivity index (χ0n) is 13.2. The van der Waals surface area contributed by atoms with Crippen LogP contribution in [0.3, 0.4) is 0 Å². The topological polar surface area (TPSA) is 95.6 Å². The summed E-state index contributed by atoms with van der Waals surface area (Å²) in [4.78, 5) is 49.4. The molecule has 2 rings (SSSR count). The molecule has 1 saturated heterocycles. The van der Waals surface area contributed by atoms with Gasteiger partial charge in [-0.2, -0.15) is 0 Å². The maximum Gasteiger partial charge on any atom is 0.321 e. The predicted octanol–water partition coefficient (Wildman–Crippen LogP) is 2.27. The number of thioether (sulfide) groups is 1. The minimum absolute atomic E-state index is 0.244. The van der Waals surface area contributed by atoms with Crippen molar-refractivity contribution in [2.45, 2.75) is 13.8 Å². The highest BCUT2D eigenvalue weighted by Gasteiger charge is 2.36. The van der Waals surface area contributed by atoms with E-state index in [4.69, 9.17) is 0 Å². The molecule has 24 heavy (non-hydrogen) atoms. The van der Waals surface area contributed by atoms with Crippen molar-refractivity contribution in [3.8, 4) is 0 Å². The van der Waals surface area contributed by atoms with Crippen molar-refractivity contribution in [1.29, 1.82) is 0 Å². The summed E-state index contributed by atoms with van der Waals surface area (Å²) in [5.41, 5.74) is 0. The Morgan fingerprint density at radius 1 is 1.33 bits per heavy atom. The number of amides is 5. The van der Waals surface area contributed by atoms with Crippen LogP contribution >= 0.6 is 23.1 Å². The molecule has 2 heterocycles. The van der Waals surface area contributed by atoms with E-state index in [-0.39, 0.29) is 10.8 Å². The molecule has 0 bridgehead atoms. The summed E-state index contributed by atoms with van der Waals surface area (Å²) in [7, 11) is 0. The lowest BCUT2D eigenvalue weighted by molar-refractivity contribution is -0.128. The van der Waals surface area contributed by atoms with Gasteiger partial charge in [0.05, 0.1) is 4.91 Å². The molecular formula is C15H17N3O4S2. The van der Waals surface area contributed by atoms with E-state index in [0.29, 0.717) is 6.54 Å². The number of carbonyl (C=O) groups excluding carboxylic acids is 4. The molecule has 7 nitrogen and oxygen atoms in total. The molecule has 1 aromatic heterocycles. The molecule has 0 atom stereocenters. The van der Waals surface area contributed by atoms with Crippen LogP contribution in [0.4, 0.5) is 9.59 Å². The van der Waals surface area contributed by atoms with Crippen LogP contribution in [0.5, 0.6) is 0 Å². The van der Waals surface area contributed by atoms with Gasteiger partial charge in [0, 0.05) is 11.4 Å². The van der Waals surface area contributed by atoms with Crippen molar-refractivity contribution in [3.63, 3.8) is 0 Å². The average molecular weight is 367 g/mol. The molecule has 1 fully saturated rings. The lowest BCUT2D eigenvalue weighted by Gasteiger charge is -2.12. The number of urea groups is 1. The van der Waals surface area contributed by atoms with Gasteiger partial charge in [0.25, 0.3) is 11.1 Å². The zero-order chi connectivity index (χ0) is 17.7. The summed E-state index contributed by atoms with van der Waals surface area (Å²) < 4.78 is 0. The van der Waals surface area contributed by atoms with Crippen LogP contribution in [0.25, 0.3) is 6.08 Å². The summed E-state index contributed by atoms with van der Waals surface area (Å²) in [6.07, 6.45) is 1.61. The maximum atomic E-state index is 12.2. The first-order valence-electron chi connectivity index (χ1n) is 7.23. The quantitative estimate of drug-likeness (QED) is 0.779. The van der Waals surface area contributed by atoms with E-state index < -0.39 is 29.6 Å². The summed E-state index contributed by atoms with van der Waals surface area (Å²) >= 11 is 2.22. The third kappa shape index (κ3) is 4.93. The predicted molar refractivity (Wildman–Crippen MR) is 93.4 cm³/mol. The van der Waals surface area contributed by atoms with Gasteiger partial charge in [0.1, 0.15) is 6.54 Å². The fourth-order valence-electron chi connectivity index (χ4n) is 1.79. The normalized spacial score (nSPS) is 16.1. The van der Waals surface area contributed by atoms with Crippen molar-refractivity contribution >= 4 is 52.3 Å². The molecule has 0 spiro atoms. The van der Waals surface area contributed by atoms with E-state index >= 15 is 0 Å². The molecule has 1 aliphatic heterocycles. The Hall–Kier alpha value is -2.13. The number of thiophene rings is 1. The Balaban J connectivity index is 1.92. The monoisotopic (exact) mass is 367 g/mol. The standard InChI is InChI=1S/C15H17N3O4S2/c1-9(2)7-16-14(21)17-12(19)8-18-13(20)11(24-15(18)22)6-10-4-3-5-23-10/h3-6,9H,7-8H2,1-2H3,(H2,16,17,19,21)/b11-6-. The molecule has 0 aliphatic carbocycles. The third-order valence-electron chi connectivity index (χ3n) is 2.92. The van der Waals surface area contributed by atoms with Gasteiger partial charge in [0.15, 0.2) is 0 Å². The molecule has 2 N–H and O–H groups in total. The minimum atomic E-state index is -0.712. The van der Waals surface area contributed by atoms with Crippen LogP contribution in [-0.2, 0) is 9.59 Å². The minimum Gasteiger partial charge on any atom is -0.338 e. The highest BCUT2D eigenvalue weighted by Crippen LogP contribution is 2.32. The number of hydrogen-bond acceptors (Lipinski definition) is 6. The van der Waals surface area contributed by atoms with Crippen LogP contribution in [0, 0.1) is 5.92 Å². The van der Waals surface area contributed by atoms with Gasteiger partial charge in [-0.3, -0.25) is 24.6 Å². The molecule has 0 unspecified atom stereocenters. The second-order valence-corrected chi connectivity index (χ2v) is 7.41. The average Bonchev–Trinajstić information content (AvgIpc) is 3.10. The van der Waals surface area contributed by atoms with E-state index in [1.165, 1.54) is 11.3 Å². The Labute approximate surface area is 147 Å². The van der Waals surface area contributed by atoms with Crippen LogP contribution in [0.2, 0.25) is 0 Å². The van der Waals surface area contributed by atoms with E-state index in [0.717, 1.165) is 21.5 Å². The van der Waals surface area contributed by atoms with E-state index in [2.05, 4.69) is 10.6 Å². The number of hydrogen-bond donors (Lipinski definition) is 2. The molecule has 128 valence electrons. The van der Waals surface area contributed by atoms with E-state index in [1.807, 2.05) is 31.4 Å². The zero-order valence-corrected chi connectivity index (χ0v) is 14.8. The number of carbonyl (C=O) groups is 4. The van der Waals surface area contributed by atoms with Crippen molar-refractivity contribution in [3.05, 3.63) is 27.3 Å². The lowest BCUT2D eigenvalue weighted by atomic mass is 10.2. The summed E-state index contributed by atoms with van der Waals surface area (Å²) in [5.74, 6) is -0.999. The van der Waals surface area contributed by atoms with Crippen LogP contribution in [0.1, 0.15) is 18.7 Å². The highest BCUT2D eigenvalue weighted by atomic mass is 32.2. The molecular weight excluding hydrogens is 350 g/mol. The molecule has 1 aliphatic rings.